The summed E-state index contributed by atoms with van der Waals surface area (Å²) in [5.74, 6) is 0.127. The van der Waals surface area contributed by atoms with Crippen molar-refractivity contribution in [2.24, 2.45) is 0 Å². The first-order chi connectivity index (χ1) is 11.6. The fraction of sp³-hybridized carbons (Fsp3) is 0.350. The molecule has 1 aliphatic heterocycles. The van der Waals surface area contributed by atoms with Crippen molar-refractivity contribution in [3.8, 4) is 0 Å². The molecule has 0 aliphatic carbocycles. The van der Waals surface area contributed by atoms with Crippen LogP contribution in [0.2, 0.25) is 0 Å². The normalized spacial score (nSPS) is 14.8. The lowest BCUT2D eigenvalue weighted by Gasteiger charge is -2.34. The highest BCUT2D eigenvalue weighted by molar-refractivity contribution is 5.83. The zero-order chi connectivity index (χ0) is 17.1. The van der Waals surface area contributed by atoms with E-state index < -0.39 is 0 Å². The van der Waals surface area contributed by atoms with E-state index in [-0.39, 0.29) is 11.9 Å². The maximum absolute atomic E-state index is 12.8. The van der Waals surface area contributed by atoms with Crippen LogP contribution in [0.5, 0.6) is 0 Å². The first-order valence-electron chi connectivity index (χ1n) is 8.51. The van der Waals surface area contributed by atoms with Gasteiger partial charge in [0.2, 0.25) is 5.91 Å². The maximum atomic E-state index is 12.8. The molecule has 1 atom stereocenters. The molecule has 126 valence electrons. The van der Waals surface area contributed by atoms with Gasteiger partial charge in [0.15, 0.2) is 0 Å². The zero-order valence-electron chi connectivity index (χ0n) is 14.4. The van der Waals surface area contributed by atoms with Crippen LogP contribution < -0.4 is 10.6 Å². The Morgan fingerprint density at radius 3 is 2.71 bits per heavy atom. The Labute approximate surface area is 143 Å². The minimum absolute atomic E-state index is 0.0591. The van der Waals surface area contributed by atoms with Gasteiger partial charge in [-0.3, -0.25) is 4.79 Å². The molecular formula is C20H25N3O. The number of nitrogens with two attached hydrogens (primary N) is 1. The van der Waals surface area contributed by atoms with Gasteiger partial charge in [-0.1, -0.05) is 36.4 Å². The van der Waals surface area contributed by atoms with E-state index in [1.165, 1.54) is 5.56 Å². The number of rotatable bonds is 4. The van der Waals surface area contributed by atoms with E-state index in [1.54, 1.807) is 0 Å². The second-order valence-electron chi connectivity index (χ2n) is 6.46. The number of nitrogens with zero attached hydrogens (tertiary/aromatic N) is 2. The summed E-state index contributed by atoms with van der Waals surface area (Å²) < 4.78 is 0. The van der Waals surface area contributed by atoms with Gasteiger partial charge in [0.1, 0.15) is 0 Å². The summed E-state index contributed by atoms with van der Waals surface area (Å²) in [5.41, 5.74) is 10.4. The van der Waals surface area contributed by atoms with Gasteiger partial charge in [-0.2, -0.15) is 0 Å². The van der Waals surface area contributed by atoms with Crippen molar-refractivity contribution >= 4 is 17.3 Å². The van der Waals surface area contributed by atoms with E-state index in [9.17, 15) is 4.79 Å². The molecule has 0 bridgehead atoms. The molecule has 0 saturated carbocycles. The largest absolute Gasteiger partial charge is 0.398 e. The standard InChI is InChI=1S/C20H25N3O/c1-15(16-8-4-3-5-9-16)22(2)20(24)14-23-13-7-10-17-18(21)11-6-12-19(17)23/h3-6,8-9,11-12,15H,7,10,13-14,21H2,1-2H3. The van der Waals surface area contributed by atoms with Crippen molar-refractivity contribution in [1.82, 2.24) is 4.90 Å². The molecule has 4 nitrogen and oxygen atoms in total. The predicted molar refractivity (Wildman–Crippen MR) is 99.0 cm³/mol. The van der Waals surface area contributed by atoms with Crippen molar-refractivity contribution < 1.29 is 4.79 Å². The van der Waals surface area contributed by atoms with Gasteiger partial charge in [-0.15, -0.1) is 0 Å². The molecule has 2 aromatic carbocycles. The van der Waals surface area contributed by atoms with Crippen LogP contribution in [0.25, 0.3) is 0 Å². The van der Waals surface area contributed by atoms with Gasteiger partial charge in [0.25, 0.3) is 0 Å². The second kappa shape index (κ2) is 6.95. The first kappa shape index (κ1) is 16.4. The van der Waals surface area contributed by atoms with Gasteiger partial charge in [0, 0.05) is 25.0 Å². The van der Waals surface area contributed by atoms with Crippen LogP contribution in [-0.2, 0) is 11.2 Å². The summed E-state index contributed by atoms with van der Waals surface area (Å²) in [6.45, 7) is 3.36. The summed E-state index contributed by atoms with van der Waals surface area (Å²) in [5, 5.41) is 0. The highest BCUT2D eigenvalue weighted by atomic mass is 16.2. The molecule has 2 N–H and O–H groups in total. The van der Waals surface area contributed by atoms with Crippen LogP contribution >= 0.6 is 0 Å². The Morgan fingerprint density at radius 2 is 1.96 bits per heavy atom. The van der Waals surface area contributed by atoms with Gasteiger partial charge in [-0.25, -0.2) is 0 Å². The zero-order valence-corrected chi connectivity index (χ0v) is 14.4. The number of benzene rings is 2. The maximum Gasteiger partial charge on any atom is 0.242 e. The van der Waals surface area contributed by atoms with E-state index in [2.05, 4.69) is 30.0 Å². The Kier molecular flexibility index (Phi) is 4.74. The molecule has 0 radical (unpaired) electrons. The number of likely N-dealkylation sites (N-methyl/N-ethyl adjacent to an activating group) is 1. The lowest BCUT2D eigenvalue weighted by atomic mass is 10.00. The second-order valence-corrected chi connectivity index (χ2v) is 6.46. The molecule has 1 heterocycles. The Hall–Kier alpha value is -2.49. The van der Waals surface area contributed by atoms with E-state index in [1.807, 2.05) is 42.3 Å². The fourth-order valence-corrected chi connectivity index (χ4v) is 3.34. The van der Waals surface area contributed by atoms with Gasteiger partial charge in [-0.05, 0) is 43.0 Å². The van der Waals surface area contributed by atoms with Crippen molar-refractivity contribution in [3.63, 3.8) is 0 Å². The average molecular weight is 323 g/mol. The van der Waals surface area contributed by atoms with E-state index in [0.29, 0.717) is 6.54 Å². The number of hydrogen-bond acceptors (Lipinski definition) is 3. The SMILES string of the molecule is CC(c1ccccc1)N(C)C(=O)CN1CCCc2c(N)cccc21. The Balaban J connectivity index is 1.73. The van der Waals surface area contributed by atoms with Crippen LogP contribution in [0.3, 0.4) is 0 Å². The van der Waals surface area contributed by atoms with Gasteiger partial charge < -0.3 is 15.5 Å². The number of nitrogen functional groups attached to an aromatic ring is 1. The van der Waals surface area contributed by atoms with Crippen LogP contribution in [0.1, 0.15) is 30.5 Å². The van der Waals surface area contributed by atoms with E-state index >= 15 is 0 Å². The molecule has 1 unspecified atom stereocenters. The van der Waals surface area contributed by atoms with Crippen LogP contribution in [0.15, 0.2) is 48.5 Å². The number of anilines is 2. The van der Waals surface area contributed by atoms with Crippen LogP contribution in [-0.4, -0.2) is 30.9 Å². The summed E-state index contributed by atoms with van der Waals surface area (Å²) >= 11 is 0. The lowest BCUT2D eigenvalue weighted by molar-refractivity contribution is -0.130. The van der Waals surface area contributed by atoms with Crippen molar-refractivity contribution in [3.05, 3.63) is 59.7 Å². The molecule has 24 heavy (non-hydrogen) atoms. The van der Waals surface area contributed by atoms with Gasteiger partial charge in [0.05, 0.1) is 12.6 Å². The van der Waals surface area contributed by atoms with E-state index in [0.717, 1.165) is 36.3 Å². The number of carbonyl (C=O) groups is 1. The summed E-state index contributed by atoms with van der Waals surface area (Å²) in [6, 6.07) is 16.2. The third kappa shape index (κ3) is 3.23. The van der Waals surface area contributed by atoms with Crippen molar-refractivity contribution in [2.45, 2.75) is 25.8 Å². The molecule has 1 aliphatic rings. The molecular weight excluding hydrogens is 298 g/mol. The molecule has 0 fully saturated rings. The smallest absolute Gasteiger partial charge is 0.242 e. The monoisotopic (exact) mass is 323 g/mol. The number of carbonyl (C=O) groups excluding carboxylic acids is 1. The number of hydrogen-bond donors (Lipinski definition) is 1. The molecule has 3 rings (SSSR count). The van der Waals surface area contributed by atoms with Crippen LogP contribution in [0, 0.1) is 0 Å². The minimum atomic E-state index is 0.0591. The predicted octanol–water partition coefficient (Wildman–Crippen LogP) is 3.24. The van der Waals surface area contributed by atoms with Crippen LogP contribution in [0.4, 0.5) is 11.4 Å². The Morgan fingerprint density at radius 1 is 1.21 bits per heavy atom. The number of fused-ring (bicyclic) bond motifs is 1. The highest BCUT2D eigenvalue weighted by Gasteiger charge is 2.24. The summed E-state index contributed by atoms with van der Waals surface area (Å²) in [6.07, 6.45) is 2.02. The molecule has 0 aromatic heterocycles. The molecule has 2 aromatic rings. The minimum Gasteiger partial charge on any atom is -0.398 e. The first-order valence-corrected chi connectivity index (χ1v) is 8.51. The van der Waals surface area contributed by atoms with Gasteiger partial charge >= 0.3 is 0 Å². The average Bonchev–Trinajstić information content (AvgIpc) is 2.62. The molecule has 4 heteroatoms. The lowest BCUT2D eigenvalue weighted by Crippen LogP contribution is -2.41. The third-order valence-corrected chi connectivity index (χ3v) is 4.97. The third-order valence-electron chi connectivity index (χ3n) is 4.97. The molecule has 0 spiro atoms. The molecule has 1 amide bonds. The fourth-order valence-electron chi connectivity index (χ4n) is 3.34. The number of amides is 1. The van der Waals surface area contributed by atoms with Crippen molar-refractivity contribution in [2.75, 3.05) is 30.8 Å². The topological polar surface area (TPSA) is 49.6 Å². The summed E-state index contributed by atoms with van der Waals surface area (Å²) in [4.78, 5) is 16.8. The van der Waals surface area contributed by atoms with E-state index in [4.69, 9.17) is 5.73 Å². The highest BCUT2D eigenvalue weighted by Crippen LogP contribution is 2.31. The Bertz CT molecular complexity index is 714. The molecule has 0 saturated heterocycles. The summed E-state index contributed by atoms with van der Waals surface area (Å²) in [7, 11) is 1.88. The van der Waals surface area contributed by atoms with Crippen molar-refractivity contribution in [1.29, 1.82) is 0 Å². The quantitative estimate of drug-likeness (QED) is 0.879.